The second-order valence-electron chi connectivity index (χ2n) is 5.32. The van der Waals surface area contributed by atoms with Crippen LogP contribution in [0, 0.1) is 0 Å². The highest BCUT2D eigenvalue weighted by Crippen LogP contribution is 2.35. The van der Waals surface area contributed by atoms with Crippen LogP contribution in [0.4, 0.5) is 0 Å². The van der Waals surface area contributed by atoms with Gasteiger partial charge in [-0.3, -0.25) is 9.78 Å². The zero-order valence-corrected chi connectivity index (χ0v) is 13.5. The average molecular weight is 342 g/mol. The van der Waals surface area contributed by atoms with Crippen LogP contribution in [0.2, 0.25) is 0 Å². The van der Waals surface area contributed by atoms with Crippen molar-refractivity contribution in [2.24, 2.45) is 0 Å². The second-order valence-corrected chi connectivity index (χ2v) is 6.20. The maximum Gasteiger partial charge on any atom is 0.291 e. The highest BCUT2D eigenvalue weighted by atomic mass is 32.1. The van der Waals surface area contributed by atoms with Gasteiger partial charge in [-0.1, -0.05) is 6.07 Å². The van der Waals surface area contributed by atoms with Crippen LogP contribution in [0.15, 0.2) is 29.8 Å². The third-order valence-electron chi connectivity index (χ3n) is 3.83. The Bertz CT molecular complexity index is 891. The third kappa shape index (κ3) is 2.59. The molecule has 8 heteroatoms. The van der Waals surface area contributed by atoms with Crippen molar-refractivity contribution in [2.75, 3.05) is 26.3 Å². The van der Waals surface area contributed by atoms with E-state index in [1.165, 1.54) is 11.3 Å². The molecule has 1 saturated heterocycles. The van der Waals surface area contributed by atoms with Crippen LogP contribution < -0.4 is 0 Å². The molecule has 7 nitrogen and oxygen atoms in total. The summed E-state index contributed by atoms with van der Waals surface area (Å²) < 4.78 is 5.80. The van der Waals surface area contributed by atoms with E-state index >= 15 is 0 Å². The zero-order chi connectivity index (χ0) is 16.5. The number of rotatable bonds is 2. The number of hydrogen-bond donors (Lipinski definition) is 1. The molecule has 24 heavy (non-hydrogen) atoms. The summed E-state index contributed by atoms with van der Waals surface area (Å²) in [5.74, 6) is -0.477. The Morgan fingerprint density at radius 1 is 1.25 bits per heavy atom. The van der Waals surface area contributed by atoms with Crippen molar-refractivity contribution in [1.82, 2.24) is 19.9 Å². The number of fused-ring (bicyclic) bond motifs is 1. The van der Waals surface area contributed by atoms with E-state index in [-0.39, 0.29) is 17.6 Å². The van der Waals surface area contributed by atoms with Crippen LogP contribution in [-0.4, -0.2) is 57.2 Å². The molecule has 0 spiro atoms. The van der Waals surface area contributed by atoms with E-state index in [0.717, 1.165) is 11.3 Å². The Morgan fingerprint density at radius 2 is 2.08 bits per heavy atom. The van der Waals surface area contributed by atoms with Crippen molar-refractivity contribution >= 4 is 27.5 Å². The Kier molecular flexibility index (Phi) is 3.83. The summed E-state index contributed by atoms with van der Waals surface area (Å²) in [6.45, 7) is 1.99. The van der Waals surface area contributed by atoms with Gasteiger partial charge in [0.1, 0.15) is 4.70 Å². The van der Waals surface area contributed by atoms with Crippen molar-refractivity contribution in [3.63, 3.8) is 0 Å². The largest absolute Gasteiger partial charge is 0.492 e. The standard InChI is InChI=1S/C16H14N4O3S/c21-15-13-12(10(9-24-13)11-3-1-2-4-17-11)18-14(19-15)16(22)20-5-7-23-8-6-20/h1-4,9H,5-8H2,(H,18,19,21). The monoisotopic (exact) mass is 342 g/mol. The normalized spacial score (nSPS) is 14.9. The SMILES string of the molecule is O=C(c1nc(O)c2scc(-c3ccccn3)c2n1)N1CCOCC1. The average Bonchev–Trinajstić information content (AvgIpc) is 3.07. The zero-order valence-electron chi connectivity index (χ0n) is 12.7. The van der Waals surface area contributed by atoms with E-state index in [9.17, 15) is 9.90 Å². The first-order valence-corrected chi connectivity index (χ1v) is 8.38. The molecule has 0 saturated carbocycles. The molecule has 1 aliphatic rings. The summed E-state index contributed by atoms with van der Waals surface area (Å²) in [7, 11) is 0. The third-order valence-corrected chi connectivity index (χ3v) is 4.79. The number of amides is 1. The van der Waals surface area contributed by atoms with Gasteiger partial charge in [-0.15, -0.1) is 11.3 Å². The van der Waals surface area contributed by atoms with Crippen LogP contribution in [0.5, 0.6) is 5.88 Å². The molecule has 1 amide bonds. The molecule has 0 atom stereocenters. The fourth-order valence-corrected chi connectivity index (χ4v) is 3.50. The van der Waals surface area contributed by atoms with Gasteiger partial charge in [-0.05, 0) is 12.1 Å². The Hall–Kier alpha value is -2.58. The first kappa shape index (κ1) is 15.0. The number of nitrogens with zero attached hydrogens (tertiary/aromatic N) is 4. The molecule has 4 rings (SSSR count). The van der Waals surface area contributed by atoms with Gasteiger partial charge >= 0.3 is 0 Å². The van der Waals surface area contributed by atoms with E-state index in [1.807, 2.05) is 23.6 Å². The number of thiophene rings is 1. The molecular formula is C16H14N4O3S. The lowest BCUT2D eigenvalue weighted by atomic mass is 10.2. The Morgan fingerprint density at radius 3 is 2.83 bits per heavy atom. The molecule has 3 aromatic heterocycles. The van der Waals surface area contributed by atoms with Crippen molar-refractivity contribution in [3.05, 3.63) is 35.6 Å². The van der Waals surface area contributed by atoms with Gasteiger partial charge in [0.15, 0.2) is 0 Å². The number of morpholine rings is 1. The van der Waals surface area contributed by atoms with Crippen LogP contribution in [0.3, 0.4) is 0 Å². The van der Waals surface area contributed by atoms with Gasteiger partial charge in [-0.25, -0.2) is 4.98 Å². The number of carbonyl (C=O) groups excluding carboxylic acids is 1. The molecule has 0 bridgehead atoms. The molecule has 0 aromatic carbocycles. The minimum atomic E-state index is -0.298. The van der Waals surface area contributed by atoms with Crippen LogP contribution in [-0.2, 0) is 4.74 Å². The Labute approximate surface area is 141 Å². The summed E-state index contributed by atoms with van der Waals surface area (Å²) in [6.07, 6.45) is 1.69. The summed E-state index contributed by atoms with van der Waals surface area (Å²) in [4.78, 5) is 26.9. The van der Waals surface area contributed by atoms with Gasteiger partial charge in [0.25, 0.3) is 5.91 Å². The summed E-state index contributed by atoms with van der Waals surface area (Å²) in [5, 5.41) is 12.1. The molecule has 0 radical (unpaired) electrons. The van der Waals surface area contributed by atoms with E-state index in [1.54, 1.807) is 11.1 Å². The highest BCUT2D eigenvalue weighted by molar-refractivity contribution is 7.18. The van der Waals surface area contributed by atoms with Crippen molar-refractivity contribution in [2.45, 2.75) is 0 Å². The van der Waals surface area contributed by atoms with E-state index in [0.29, 0.717) is 36.5 Å². The lowest BCUT2D eigenvalue weighted by Crippen LogP contribution is -2.41. The molecule has 4 heterocycles. The predicted octanol–water partition coefficient (Wildman–Crippen LogP) is 1.93. The first-order valence-electron chi connectivity index (χ1n) is 7.50. The second kappa shape index (κ2) is 6.14. The number of aromatic hydroxyl groups is 1. The number of carbonyl (C=O) groups is 1. The van der Waals surface area contributed by atoms with Gasteiger partial charge in [0, 0.05) is 30.2 Å². The number of aromatic nitrogens is 3. The summed E-state index contributed by atoms with van der Waals surface area (Å²) >= 11 is 1.33. The number of hydrogen-bond acceptors (Lipinski definition) is 7. The number of pyridine rings is 1. The minimum Gasteiger partial charge on any atom is -0.492 e. The van der Waals surface area contributed by atoms with E-state index in [4.69, 9.17) is 4.74 Å². The van der Waals surface area contributed by atoms with Gasteiger partial charge in [0.05, 0.1) is 24.4 Å². The molecule has 122 valence electrons. The smallest absolute Gasteiger partial charge is 0.291 e. The molecule has 1 aliphatic heterocycles. The topological polar surface area (TPSA) is 88.4 Å². The van der Waals surface area contributed by atoms with Gasteiger partial charge < -0.3 is 14.7 Å². The summed E-state index contributed by atoms with van der Waals surface area (Å²) in [5.41, 5.74) is 2.07. The van der Waals surface area contributed by atoms with E-state index < -0.39 is 0 Å². The lowest BCUT2D eigenvalue weighted by molar-refractivity contribution is 0.0294. The maximum absolute atomic E-state index is 12.6. The lowest BCUT2D eigenvalue weighted by Gasteiger charge is -2.26. The maximum atomic E-state index is 12.6. The fourth-order valence-electron chi connectivity index (χ4n) is 2.61. The van der Waals surface area contributed by atoms with E-state index in [2.05, 4.69) is 15.0 Å². The van der Waals surface area contributed by atoms with Crippen molar-refractivity contribution in [3.8, 4) is 17.1 Å². The molecule has 0 aliphatic carbocycles. The van der Waals surface area contributed by atoms with Crippen molar-refractivity contribution < 1.29 is 14.6 Å². The highest BCUT2D eigenvalue weighted by Gasteiger charge is 2.24. The molecule has 0 unspecified atom stereocenters. The molecule has 3 aromatic rings. The predicted molar refractivity (Wildman–Crippen MR) is 89.0 cm³/mol. The Balaban J connectivity index is 1.79. The van der Waals surface area contributed by atoms with Gasteiger partial charge in [-0.2, -0.15) is 4.98 Å². The van der Waals surface area contributed by atoms with Crippen LogP contribution >= 0.6 is 11.3 Å². The molecular weight excluding hydrogens is 328 g/mol. The minimum absolute atomic E-state index is 0.00233. The number of ether oxygens (including phenoxy) is 1. The van der Waals surface area contributed by atoms with Gasteiger partial charge in [0.2, 0.25) is 11.7 Å². The molecule has 1 N–H and O–H groups in total. The molecule has 1 fully saturated rings. The fraction of sp³-hybridized carbons (Fsp3) is 0.250. The first-order chi connectivity index (χ1) is 11.7. The summed E-state index contributed by atoms with van der Waals surface area (Å²) in [6, 6.07) is 5.58. The quantitative estimate of drug-likeness (QED) is 0.765. The van der Waals surface area contributed by atoms with Crippen LogP contribution in [0.1, 0.15) is 10.6 Å². The van der Waals surface area contributed by atoms with Crippen LogP contribution in [0.25, 0.3) is 21.5 Å². The van der Waals surface area contributed by atoms with Crippen molar-refractivity contribution in [1.29, 1.82) is 0 Å².